The number of nitrogens with zero attached hydrogens (tertiary/aromatic N) is 3. The Balaban J connectivity index is 1.72. The predicted octanol–water partition coefficient (Wildman–Crippen LogP) is 3.42. The molecule has 1 aliphatic rings. The van der Waals surface area contributed by atoms with Crippen molar-refractivity contribution in [2.45, 2.75) is 66.0 Å². The summed E-state index contributed by atoms with van der Waals surface area (Å²) in [5.74, 6) is 4.34. The van der Waals surface area contributed by atoms with Gasteiger partial charge >= 0.3 is 0 Å². The van der Waals surface area contributed by atoms with E-state index in [1.807, 2.05) is 13.2 Å². The minimum atomic E-state index is 0.619. The van der Waals surface area contributed by atoms with Gasteiger partial charge in [0.15, 0.2) is 5.96 Å². The molecule has 5 nitrogen and oxygen atoms in total. The Morgan fingerprint density at radius 2 is 2.21 bits per heavy atom. The van der Waals surface area contributed by atoms with Gasteiger partial charge in [0.05, 0.1) is 6.54 Å². The van der Waals surface area contributed by atoms with Gasteiger partial charge in [-0.1, -0.05) is 40.0 Å². The molecule has 2 N–H and O–H groups in total. The highest BCUT2D eigenvalue weighted by Crippen LogP contribution is 2.30. The predicted molar refractivity (Wildman–Crippen MR) is 101 cm³/mol. The first-order valence-corrected chi connectivity index (χ1v) is 9.53. The summed E-state index contributed by atoms with van der Waals surface area (Å²) in [5.41, 5.74) is 0. The van der Waals surface area contributed by atoms with Crippen LogP contribution in [0.3, 0.4) is 0 Å². The van der Waals surface area contributed by atoms with E-state index < -0.39 is 0 Å². The van der Waals surface area contributed by atoms with Crippen molar-refractivity contribution in [3.05, 3.63) is 18.2 Å². The van der Waals surface area contributed by atoms with E-state index >= 15 is 0 Å². The van der Waals surface area contributed by atoms with Gasteiger partial charge in [0.25, 0.3) is 0 Å². The lowest BCUT2D eigenvalue weighted by Gasteiger charge is -2.26. The van der Waals surface area contributed by atoms with Crippen LogP contribution in [0.1, 0.15) is 58.7 Å². The summed E-state index contributed by atoms with van der Waals surface area (Å²) in [6, 6.07) is 0. The van der Waals surface area contributed by atoms with Crippen LogP contribution in [0.25, 0.3) is 0 Å². The average molecular weight is 334 g/mol. The molecule has 2 unspecified atom stereocenters. The molecule has 0 bridgehead atoms. The number of nitrogens with one attached hydrogen (secondary N) is 2. The molecule has 0 amide bonds. The molecule has 1 saturated carbocycles. The van der Waals surface area contributed by atoms with Crippen molar-refractivity contribution in [3.63, 3.8) is 0 Å². The molecule has 2 atom stereocenters. The zero-order chi connectivity index (χ0) is 17.4. The fraction of sp³-hybridized carbons (Fsp3) is 0.789. The van der Waals surface area contributed by atoms with Crippen LogP contribution in [0.15, 0.2) is 17.4 Å². The maximum absolute atomic E-state index is 4.46. The lowest BCUT2D eigenvalue weighted by Crippen LogP contribution is -2.38. The van der Waals surface area contributed by atoms with E-state index in [2.05, 4.69) is 52.1 Å². The smallest absolute Gasteiger partial charge is 0.191 e. The quantitative estimate of drug-likeness (QED) is 0.594. The lowest BCUT2D eigenvalue weighted by molar-refractivity contribution is 0.270. The average Bonchev–Trinajstić information content (AvgIpc) is 2.97. The summed E-state index contributed by atoms with van der Waals surface area (Å²) in [6.07, 6.45) is 10.8. The zero-order valence-corrected chi connectivity index (χ0v) is 15.9. The molecule has 1 fully saturated rings. The van der Waals surface area contributed by atoms with Crippen LogP contribution >= 0.6 is 0 Å². The molecule has 136 valence electrons. The first-order valence-electron chi connectivity index (χ1n) is 9.53. The molecule has 0 aromatic carbocycles. The standard InChI is InChI=1S/C19H35N5/c1-15(2)14-24-11-10-21-18(24)13-23-19(20-4)22-9-8-17-7-5-6-16(3)12-17/h10-11,15-17H,5-9,12-14H2,1-4H3,(H2,20,22,23). The summed E-state index contributed by atoms with van der Waals surface area (Å²) in [5, 5.41) is 6.84. The molecule has 1 heterocycles. The molecule has 0 spiro atoms. The number of hydrogen-bond acceptors (Lipinski definition) is 2. The Morgan fingerprint density at radius 1 is 1.38 bits per heavy atom. The Bertz CT molecular complexity index is 506. The third-order valence-corrected chi connectivity index (χ3v) is 4.89. The second-order valence-electron chi connectivity index (χ2n) is 7.67. The third-order valence-electron chi connectivity index (χ3n) is 4.89. The molecule has 5 heteroatoms. The van der Waals surface area contributed by atoms with Crippen molar-refractivity contribution < 1.29 is 0 Å². The van der Waals surface area contributed by atoms with E-state index in [9.17, 15) is 0 Å². The van der Waals surface area contributed by atoms with E-state index in [4.69, 9.17) is 0 Å². The van der Waals surface area contributed by atoms with Crippen LogP contribution in [0.4, 0.5) is 0 Å². The van der Waals surface area contributed by atoms with Gasteiger partial charge in [-0.05, 0) is 30.6 Å². The molecule has 0 radical (unpaired) electrons. The van der Waals surface area contributed by atoms with E-state index in [1.54, 1.807) is 0 Å². The van der Waals surface area contributed by atoms with E-state index in [-0.39, 0.29) is 0 Å². The maximum atomic E-state index is 4.46. The highest BCUT2D eigenvalue weighted by molar-refractivity contribution is 5.79. The number of hydrogen-bond donors (Lipinski definition) is 2. The number of rotatable bonds is 7. The number of aliphatic imine (C=N–C) groups is 1. The Labute approximate surface area is 147 Å². The van der Waals surface area contributed by atoms with E-state index in [0.717, 1.165) is 36.7 Å². The topological polar surface area (TPSA) is 54.2 Å². The van der Waals surface area contributed by atoms with Crippen LogP contribution in [-0.4, -0.2) is 29.1 Å². The van der Waals surface area contributed by atoms with Crippen molar-refractivity contribution in [2.75, 3.05) is 13.6 Å². The second-order valence-corrected chi connectivity index (χ2v) is 7.67. The minimum Gasteiger partial charge on any atom is -0.356 e. The van der Waals surface area contributed by atoms with Crippen LogP contribution in [0.2, 0.25) is 0 Å². The highest BCUT2D eigenvalue weighted by atomic mass is 15.2. The monoisotopic (exact) mass is 333 g/mol. The molecule has 1 aliphatic carbocycles. The van der Waals surface area contributed by atoms with Crippen molar-refractivity contribution >= 4 is 5.96 Å². The van der Waals surface area contributed by atoms with Crippen molar-refractivity contribution in [1.82, 2.24) is 20.2 Å². The fourth-order valence-corrected chi connectivity index (χ4v) is 3.67. The summed E-state index contributed by atoms with van der Waals surface area (Å²) >= 11 is 0. The van der Waals surface area contributed by atoms with Gasteiger partial charge in [0, 0.05) is 32.5 Å². The molecule has 0 aliphatic heterocycles. The summed E-state index contributed by atoms with van der Waals surface area (Å²) in [4.78, 5) is 8.79. The maximum Gasteiger partial charge on any atom is 0.191 e. The van der Waals surface area contributed by atoms with E-state index in [1.165, 1.54) is 32.1 Å². The first-order chi connectivity index (χ1) is 11.6. The van der Waals surface area contributed by atoms with E-state index in [0.29, 0.717) is 12.5 Å². The lowest BCUT2D eigenvalue weighted by atomic mass is 9.81. The third kappa shape index (κ3) is 6.17. The van der Waals surface area contributed by atoms with Crippen LogP contribution in [0.5, 0.6) is 0 Å². The molecule has 1 aromatic rings. The number of aromatic nitrogens is 2. The van der Waals surface area contributed by atoms with Gasteiger partial charge in [0.2, 0.25) is 0 Å². The molecular weight excluding hydrogens is 298 g/mol. The normalized spacial score (nSPS) is 22.0. The van der Waals surface area contributed by atoms with Crippen molar-refractivity contribution in [2.24, 2.45) is 22.7 Å². The molecule has 2 rings (SSSR count). The van der Waals surface area contributed by atoms with Gasteiger partial charge in [-0.3, -0.25) is 4.99 Å². The van der Waals surface area contributed by atoms with Crippen molar-refractivity contribution in [1.29, 1.82) is 0 Å². The van der Waals surface area contributed by atoms with Gasteiger partial charge in [-0.25, -0.2) is 4.98 Å². The molecular formula is C19H35N5. The number of guanidine groups is 1. The SMILES string of the molecule is CN=C(NCCC1CCCC(C)C1)NCc1nccn1CC(C)C. The van der Waals surface area contributed by atoms with Crippen LogP contribution in [0, 0.1) is 17.8 Å². The van der Waals surface area contributed by atoms with Crippen LogP contribution < -0.4 is 10.6 Å². The summed E-state index contributed by atoms with van der Waals surface area (Å²) in [7, 11) is 1.83. The molecule has 24 heavy (non-hydrogen) atoms. The largest absolute Gasteiger partial charge is 0.356 e. The Hall–Kier alpha value is -1.52. The van der Waals surface area contributed by atoms with Crippen molar-refractivity contribution in [3.8, 4) is 0 Å². The fourth-order valence-electron chi connectivity index (χ4n) is 3.67. The van der Waals surface area contributed by atoms with Gasteiger partial charge in [-0.15, -0.1) is 0 Å². The molecule has 0 saturated heterocycles. The Morgan fingerprint density at radius 3 is 2.92 bits per heavy atom. The highest BCUT2D eigenvalue weighted by Gasteiger charge is 2.18. The second kappa shape index (κ2) is 9.70. The van der Waals surface area contributed by atoms with Gasteiger partial charge < -0.3 is 15.2 Å². The van der Waals surface area contributed by atoms with Gasteiger partial charge in [0.1, 0.15) is 5.82 Å². The Kier molecular flexibility index (Phi) is 7.60. The number of imidazole rings is 1. The molecule has 1 aromatic heterocycles. The van der Waals surface area contributed by atoms with Gasteiger partial charge in [-0.2, -0.15) is 0 Å². The first kappa shape index (κ1) is 18.8. The summed E-state index contributed by atoms with van der Waals surface area (Å²) < 4.78 is 2.22. The van der Waals surface area contributed by atoms with Crippen LogP contribution in [-0.2, 0) is 13.1 Å². The zero-order valence-electron chi connectivity index (χ0n) is 15.9. The summed E-state index contributed by atoms with van der Waals surface area (Å²) in [6.45, 7) is 9.55. The minimum absolute atomic E-state index is 0.619.